The normalized spacial score (nSPS) is 16.2. The van der Waals surface area contributed by atoms with Crippen molar-refractivity contribution in [3.8, 4) is 0 Å². The molecule has 1 N–H and O–H groups in total. The number of aromatic nitrogens is 3. The Kier molecular flexibility index (Phi) is 5.05. The first kappa shape index (κ1) is 15.7. The van der Waals surface area contributed by atoms with E-state index < -0.39 is 0 Å². The van der Waals surface area contributed by atoms with E-state index in [4.69, 9.17) is 4.98 Å². The maximum Gasteiger partial charge on any atom is 0.227 e. The average Bonchev–Trinajstić information content (AvgIpc) is 2.56. The van der Waals surface area contributed by atoms with Gasteiger partial charge in [-0.3, -0.25) is 4.98 Å². The van der Waals surface area contributed by atoms with E-state index in [2.05, 4.69) is 39.2 Å². The number of aryl methyl sites for hydroxylation is 1. The highest BCUT2D eigenvalue weighted by molar-refractivity contribution is 5.44. The molecule has 1 saturated heterocycles. The van der Waals surface area contributed by atoms with Crippen LogP contribution in [0.2, 0.25) is 0 Å². The number of piperidine rings is 1. The molecule has 3 heterocycles. The molecule has 5 heteroatoms. The van der Waals surface area contributed by atoms with E-state index in [-0.39, 0.29) is 0 Å². The van der Waals surface area contributed by atoms with Gasteiger partial charge in [0.15, 0.2) is 0 Å². The Morgan fingerprint density at radius 3 is 2.61 bits per heavy atom. The number of nitrogens with one attached hydrogen (secondary N) is 1. The first-order valence-electron chi connectivity index (χ1n) is 8.47. The Balaban J connectivity index is 1.68. The van der Waals surface area contributed by atoms with Gasteiger partial charge in [-0.15, -0.1) is 0 Å². The van der Waals surface area contributed by atoms with Crippen LogP contribution in [0.15, 0.2) is 30.6 Å². The van der Waals surface area contributed by atoms with Crippen molar-refractivity contribution in [2.24, 2.45) is 0 Å². The van der Waals surface area contributed by atoms with E-state index in [0.717, 1.165) is 37.0 Å². The zero-order valence-corrected chi connectivity index (χ0v) is 14.0. The molecule has 5 nitrogen and oxygen atoms in total. The standard InChI is InChI=1S/C18H25N5/c1-14(12-16-6-8-19-9-7-16)20-17-13-15(2)21-18(22-17)23-10-4-3-5-11-23/h6-9,13-14H,3-5,10-12H2,1-2H3,(H,20,21,22). The summed E-state index contributed by atoms with van der Waals surface area (Å²) in [4.78, 5) is 15.7. The zero-order valence-electron chi connectivity index (χ0n) is 14.0. The van der Waals surface area contributed by atoms with Gasteiger partial charge in [0.1, 0.15) is 5.82 Å². The molecule has 122 valence electrons. The van der Waals surface area contributed by atoms with Gasteiger partial charge in [-0.2, -0.15) is 4.98 Å². The molecule has 1 fully saturated rings. The lowest BCUT2D eigenvalue weighted by atomic mass is 10.1. The molecule has 1 atom stereocenters. The quantitative estimate of drug-likeness (QED) is 0.919. The van der Waals surface area contributed by atoms with E-state index in [1.807, 2.05) is 25.4 Å². The zero-order chi connectivity index (χ0) is 16.1. The third kappa shape index (κ3) is 4.41. The molecule has 0 aromatic carbocycles. The van der Waals surface area contributed by atoms with Crippen molar-refractivity contribution in [1.29, 1.82) is 0 Å². The molecule has 0 radical (unpaired) electrons. The minimum Gasteiger partial charge on any atom is -0.367 e. The number of hydrogen-bond donors (Lipinski definition) is 1. The number of anilines is 2. The molecule has 0 amide bonds. The van der Waals surface area contributed by atoms with Gasteiger partial charge in [-0.25, -0.2) is 4.98 Å². The fourth-order valence-corrected chi connectivity index (χ4v) is 3.04. The molecular formula is C18H25N5. The van der Waals surface area contributed by atoms with E-state index in [1.54, 1.807) is 0 Å². The van der Waals surface area contributed by atoms with E-state index >= 15 is 0 Å². The van der Waals surface area contributed by atoms with Crippen LogP contribution in [0, 0.1) is 6.92 Å². The first-order chi connectivity index (χ1) is 11.2. The molecule has 1 unspecified atom stereocenters. The molecule has 3 rings (SSSR count). The number of pyridine rings is 1. The van der Waals surface area contributed by atoms with Crippen LogP contribution >= 0.6 is 0 Å². The van der Waals surface area contributed by atoms with Crippen LogP contribution in [-0.2, 0) is 6.42 Å². The molecule has 0 saturated carbocycles. The summed E-state index contributed by atoms with van der Waals surface area (Å²) in [5.41, 5.74) is 2.29. The van der Waals surface area contributed by atoms with Crippen molar-refractivity contribution >= 4 is 11.8 Å². The summed E-state index contributed by atoms with van der Waals surface area (Å²) < 4.78 is 0. The van der Waals surface area contributed by atoms with Crippen LogP contribution < -0.4 is 10.2 Å². The fraction of sp³-hybridized carbons (Fsp3) is 0.500. The highest BCUT2D eigenvalue weighted by atomic mass is 15.3. The minimum absolute atomic E-state index is 0.306. The van der Waals surface area contributed by atoms with Gasteiger partial charge >= 0.3 is 0 Å². The highest BCUT2D eigenvalue weighted by Gasteiger charge is 2.15. The van der Waals surface area contributed by atoms with Gasteiger partial charge in [0.25, 0.3) is 0 Å². The lowest BCUT2D eigenvalue weighted by molar-refractivity contribution is 0.567. The van der Waals surface area contributed by atoms with Crippen molar-refractivity contribution < 1.29 is 0 Å². The van der Waals surface area contributed by atoms with E-state index in [9.17, 15) is 0 Å². The number of rotatable bonds is 5. The van der Waals surface area contributed by atoms with Crippen LogP contribution in [0.3, 0.4) is 0 Å². The second-order valence-electron chi connectivity index (χ2n) is 6.35. The van der Waals surface area contributed by atoms with Gasteiger partial charge in [0, 0.05) is 43.3 Å². The summed E-state index contributed by atoms with van der Waals surface area (Å²) in [5.74, 6) is 1.78. The van der Waals surface area contributed by atoms with Crippen LogP contribution in [0.25, 0.3) is 0 Å². The second-order valence-corrected chi connectivity index (χ2v) is 6.35. The van der Waals surface area contributed by atoms with Crippen molar-refractivity contribution in [3.05, 3.63) is 41.9 Å². The minimum atomic E-state index is 0.306. The lowest BCUT2D eigenvalue weighted by Crippen LogP contribution is -2.31. The molecular weight excluding hydrogens is 286 g/mol. The van der Waals surface area contributed by atoms with Crippen molar-refractivity contribution in [2.45, 2.75) is 45.6 Å². The predicted octanol–water partition coefficient (Wildman–Crippen LogP) is 3.21. The van der Waals surface area contributed by atoms with Gasteiger partial charge in [0.05, 0.1) is 0 Å². The third-order valence-corrected chi connectivity index (χ3v) is 4.17. The van der Waals surface area contributed by atoms with Gasteiger partial charge < -0.3 is 10.2 Å². The molecule has 23 heavy (non-hydrogen) atoms. The Labute approximate surface area is 138 Å². The Morgan fingerprint density at radius 1 is 1.13 bits per heavy atom. The Hall–Kier alpha value is -2.17. The van der Waals surface area contributed by atoms with Crippen LogP contribution in [0.4, 0.5) is 11.8 Å². The van der Waals surface area contributed by atoms with Crippen molar-refractivity contribution in [2.75, 3.05) is 23.3 Å². The first-order valence-corrected chi connectivity index (χ1v) is 8.47. The second kappa shape index (κ2) is 7.40. The maximum absolute atomic E-state index is 4.73. The highest BCUT2D eigenvalue weighted by Crippen LogP contribution is 2.19. The third-order valence-electron chi connectivity index (χ3n) is 4.17. The summed E-state index contributed by atoms with van der Waals surface area (Å²) in [6.07, 6.45) is 8.41. The molecule has 0 aliphatic carbocycles. The van der Waals surface area contributed by atoms with Gasteiger partial charge in [-0.1, -0.05) is 0 Å². The van der Waals surface area contributed by atoms with Crippen molar-refractivity contribution in [3.63, 3.8) is 0 Å². The molecule has 0 bridgehead atoms. The number of hydrogen-bond acceptors (Lipinski definition) is 5. The summed E-state index contributed by atoms with van der Waals surface area (Å²) in [6, 6.07) is 6.45. The number of nitrogens with zero attached hydrogens (tertiary/aromatic N) is 4. The monoisotopic (exact) mass is 311 g/mol. The van der Waals surface area contributed by atoms with Crippen LogP contribution in [0.1, 0.15) is 37.4 Å². The van der Waals surface area contributed by atoms with Gasteiger partial charge in [-0.05, 0) is 57.2 Å². The van der Waals surface area contributed by atoms with E-state index in [1.165, 1.54) is 24.8 Å². The van der Waals surface area contributed by atoms with Gasteiger partial charge in [0.2, 0.25) is 5.95 Å². The Bertz CT molecular complexity index is 623. The molecule has 1 aliphatic rings. The smallest absolute Gasteiger partial charge is 0.227 e. The molecule has 2 aromatic heterocycles. The maximum atomic E-state index is 4.73. The Morgan fingerprint density at radius 2 is 1.87 bits per heavy atom. The summed E-state index contributed by atoms with van der Waals surface area (Å²) in [6.45, 7) is 6.34. The molecule has 2 aromatic rings. The van der Waals surface area contributed by atoms with Crippen LogP contribution in [-0.4, -0.2) is 34.1 Å². The summed E-state index contributed by atoms with van der Waals surface area (Å²) in [5, 5.41) is 3.51. The van der Waals surface area contributed by atoms with Crippen LogP contribution in [0.5, 0.6) is 0 Å². The topological polar surface area (TPSA) is 53.9 Å². The largest absolute Gasteiger partial charge is 0.367 e. The average molecular weight is 311 g/mol. The van der Waals surface area contributed by atoms with Crippen molar-refractivity contribution in [1.82, 2.24) is 15.0 Å². The summed E-state index contributed by atoms with van der Waals surface area (Å²) in [7, 11) is 0. The summed E-state index contributed by atoms with van der Waals surface area (Å²) >= 11 is 0. The SMILES string of the molecule is Cc1cc(NC(C)Cc2ccncc2)nc(N2CCCCC2)n1. The predicted molar refractivity (Wildman–Crippen MR) is 93.9 cm³/mol. The van der Waals surface area contributed by atoms with E-state index in [0.29, 0.717) is 6.04 Å². The fourth-order valence-electron chi connectivity index (χ4n) is 3.04. The molecule has 0 spiro atoms. The lowest BCUT2D eigenvalue weighted by Gasteiger charge is -2.27. The molecule has 1 aliphatic heterocycles.